The molecule has 0 fully saturated rings. The van der Waals surface area contributed by atoms with E-state index in [4.69, 9.17) is 5.73 Å². The Morgan fingerprint density at radius 1 is 1.20 bits per heavy atom. The van der Waals surface area contributed by atoms with Gasteiger partial charge in [-0.05, 0) is 32.4 Å². The van der Waals surface area contributed by atoms with Gasteiger partial charge in [0.1, 0.15) is 0 Å². The van der Waals surface area contributed by atoms with Gasteiger partial charge in [-0.25, -0.2) is 0 Å². The van der Waals surface area contributed by atoms with Gasteiger partial charge < -0.3 is 5.73 Å². The molecular formula is C15H23F3N2. The lowest BCUT2D eigenvalue weighted by Gasteiger charge is -2.33. The van der Waals surface area contributed by atoms with Crippen molar-refractivity contribution >= 4 is 0 Å². The van der Waals surface area contributed by atoms with Crippen molar-refractivity contribution in [2.45, 2.75) is 45.5 Å². The molecule has 20 heavy (non-hydrogen) atoms. The lowest BCUT2D eigenvalue weighted by Crippen LogP contribution is -2.45. The van der Waals surface area contributed by atoms with Gasteiger partial charge in [-0.2, -0.15) is 13.2 Å². The molecule has 0 heterocycles. The standard InChI is InChI=1S/C15H23F3N2/c1-4-9-20(10-15(16,17)18)12(3)14(19)13-7-5-11(2)6-8-13/h5-8,12,14H,4,9-10,19H2,1-3H3. The molecule has 0 amide bonds. The van der Waals surface area contributed by atoms with Gasteiger partial charge in [-0.1, -0.05) is 36.8 Å². The number of nitrogens with zero attached hydrogens (tertiary/aromatic N) is 1. The molecule has 114 valence electrons. The molecule has 0 bridgehead atoms. The van der Waals surface area contributed by atoms with E-state index in [-0.39, 0.29) is 6.04 Å². The van der Waals surface area contributed by atoms with E-state index in [1.54, 1.807) is 6.92 Å². The number of halogens is 3. The van der Waals surface area contributed by atoms with E-state index in [2.05, 4.69) is 0 Å². The molecule has 0 aliphatic rings. The van der Waals surface area contributed by atoms with Gasteiger partial charge in [0.25, 0.3) is 0 Å². The van der Waals surface area contributed by atoms with Gasteiger partial charge in [-0.3, -0.25) is 4.90 Å². The zero-order valence-electron chi connectivity index (χ0n) is 12.2. The van der Waals surface area contributed by atoms with E-state index in [9.17, 15) is 13.2 Å². The van der Waals surface area contributed by atoms with Gasteiger partial charge >= 0.3 is 6.18 Å². The second-order valence-corrected chi connectivity index (χ2v) is 5.26. The average Bonchev–Trinajstić information content (AvgIpc) is 2.36. The highest BCUT2D eigenvalue weighted by Gasteiger charge is 2.34. The van der Waals surface area contributed by atoms with E-state index in [0.717, 1.165) is 11.1 Å². The van der Waals surface area contributed by atoms with Crippen molar-refractivity contribution in [1.29, 1.82) is 0 Å². The molecule has 0 saturated heterocycles. The van der Waals surface area contributed by atoms with Gasteiger partial charge in [0.2, 0.25) is 0 Å². The third-order valence-electron chi connectivity index (χ3n) is 3.45. The number of benzene rings is 1. The molecular weight excluding hydrogens is 265 g/mol. The van der Waals surface area contributed by atoms with Crippen LogP contribution in [0.5, 0.6) is 0 Å². The van der Waals surface area contributed by atoms with E-state index >= 15 is 0 Å². The van der Waals surface area contributed by atoms with Crippen molar-refractivity contribution in [2.75, 3.05) is 13.1 Å². The minimum absolute atomic E-state index is 0.362. The summed E-state index contributed by atoms with van der Waals surface area (Å²) >= 11 is 0. The van der Waals surface area contributed by atoms with Crippen LogP contribution in [0.15, 0.2) is 24.3 Å². The second kappa shape index (κ2) is 7.09. The Morgan fingerprint density at radius 3 is 2.20 bits per heavy atom. The van der Waals surface area contributed by atoms with Gasteiger partial charge in [0.05, 0.1) is 6.54 Å². The molecule has 2 unspecified atom stereocenters. The second-order valence-electron chi connectivity index (χ2n) is 5.26. The van der Waals surface area contributed by atoms with E-state index in [1.807, 2.05) is 38.1 Å². The third-order valence-corrected chi connectivity index (χ3v) is 3.45. The van der Waals surface area contributed by atoms with Crippen LogP contribution >= 0.6 is 0 Å². The van der Waals surface area contributed by atoms with Crippen molar-refractivity contribution in [3.05, 3.63) is 35.4 Å². The highest BCUT2D eigenvalue weighted by Crippen LogP contribution is 2.24. The Kier molecular flexibility index (Phi) is 6.02. The van der Waals surface area contributed by atoms with Crippen molar-refractivity contribution in [3.63, 3.8) is 0 Å². The van der Waals surface area contributed by atoms with Crippen LogP contribution in [-0.4, -0.2) is 30.2 Å². The summed E-state index contributed by atoms with van der Waals surface area (Å²) in [7, 11) is 0. The van der Waals surface area contributed by atoms with Crippen LogP contribution in [0.2, 0.25) is 0 Å². The first kappa shape index (κ1) is 17.0. The monoisotopic (exact) mass is 288 g/mol. The van der Waals surface area contributed by atoms with Crippen LogP contribution in [0.25, 0.3) is 0 Å². The van der Waals surface area contributed by atoms with E-state index in [1.165, 1.54) is 4.90 Å². The number of aryl methyl sites for hydroxylation is 1. The third kappa shape index (κ3) is 5.13. The van der Waals surface area contributed by atoms with Crippen LogP contribution in [0.3, 0.4) is 0 Å². The van der Waals surface area contributed by atoms with Gasteiger partial charge in [-0.15, -0.1) is 0 Å². The Bertz CT molecular complexity index is 401. The molecule has 0 spiro atoms. The first-order valence-electron chi connectivity index (χ1n) is 6.87. The molecule has 0 aromatic heterocycles. The molecule has 0 aliphatic carbocycles. The molecule has 2 nitrogen and oxygen atoms in total. The minimum atomic E-state index is -4.20. The molecule has 1 aromatic rings. The quantitative estimate of drug-likeness (QED) is 0.865. The maximum Gasteiger partial charge on any atom is 0.401 e. The van der Waals surface area contributed by atoms with Crippen LogP contribution in [0.1, 0.15) is 37.4 Å². The highest BCUT2D eigenvalue weighted by molar-refractivity contribution is 5.24. The molecule has 2 atom stereocenters. The summed E-state index contributed by atoms with van der Waals surface area (Å²) in [5, 5.41) is 0. The van der Waals surface area contributed by atoms with Crippen molar-refractivity contribution in [3.8, 4) is 0 Å². The zero-order valence-corrected chi connectivity index (χ0v) is 12.2. The first-order valence-corrected chi connectivity index (χ1v) is 6.87. The van der Waals surface area contributed by atoms with E-state index in [0.29, 0.717) is 13.0 Å². The lowest BCUT2D eigenvalue weighted by molar-refractivity contribution is -0.151. The van der Waals surface area contributed by atoms with Crippen LogP contribution in [0, 0.1) is 6.92 Å². The summed E-state index contributed by atoms with van der Waals surface area (Å²) in [5.41, 5.74) is 8.10. The van der Waals surface area contributed by atoms with Crippen LogP contribution in [-0.2, 0) is 0 Å². The summed E-state index contributed by atoms with van der Waals surface area (Å²) in [6.07, 6.45) is -3.53. The summed E-state index contributed by atoms with van der Waals surface area (Å²) in [6.45, 7) is 5.06. The smallest absolute Gasteiger partial charge is 0.323 e. The first-order chi connectivity index (χ1) is 9.24. The van der Waals surface area contributed by atoms with Gasteiger partial charge in [0, 0.05) is 12.1 Å². The van der Waals surface area contributed by atoms with Crippen molar-refractivity contribution in [2.24, 2.45) is 5.73 Å². The number of alkyl halides is 3. The lowest BCUT2D eigenvalue weighted by atomic mass is 9.99. The summed E-state index contributed by atoms with van der Waals surface area (Å²) in [6, 6.07) is 6.83. The molecule has 0 radical (unpaired) electrons. The fourth-order valence-electron chi connectivity index (χ4n) is 2.24. The Balaban J connectivity index is 2.82. The summed E-state index contributed by atoms with van der Waals surface area (Å²) in [5.74, 6) is 0. The van der Waals surface area contributed by atoms with Crippen LogP contribution < -0.4 is 5.73 Å². The maximum absolute atomic E-state index is 12.6. The summed E-state index contributed by atoms with van der Waals surface area (Å²) < 4.78 is 37.9. The SMILES string of the molecule is CCCN(CC(F)(F)F)C(C)C(N)c1ccc(C)cc1. The normalized spacial score (nSPS) is 15.4. The molecule has 0 aliphatic heterocycles. The topological polar surface area (TPSA) is 29.3 Å². The van der Waals surface area contributed by atoms with Crippen molar-refractivity contribution < 1.29 is 13.2 Å². The molecule has 1 aromatic carbocycles. The summed E-state index contributed by atoms with van der Waals surface area (Å²) in [4.78, 5) is 1.41. The Labute approximate surface area is 118 Å². The predicted octanol–water partition coefficient (Wildman–Crippen LogP) is 3.66. The van der Waals surface area contributed by atoms with Crippen LogP contribution in [0.4, 0.5) is 13.2 Å². The molecule has 5 heteroatoms. The number of hydrogen-bond donors (Lipinski definition) is 1. The maximum atomic E-state index is 12.6. The van der Waals surface area contributed by atoms with Gasteiger partial charge in [0.15, 0.2) is 0 Å². The number of nitrogens with two attached hydrogens (primary N) is 1. The highest BCUT2D eigenvalue weighted by atomic mass is 19.4. The number of rotatable bonds is 6. The zero-order chi connectivity index (χ0) is 15.3. The fourth-order valence-corrected chi connectivity index (χ4v) is 2.24. The molecule has 0 saturated carbocycles. The van der Waals surface area contributed by atoms with Crippen molar-refractivity contribution in [1.82, 2.24) is 4.90 Å². The predicted molar refractivity (Wildman–Crippen MR) is 75.5 cm³/mol. The fraction of sp³-hybridized carbons (Fsp3) is 0.600. The average molecular weight is 288 g/mol. The molecule has 1 rings (SSSR count). The Morgan fingerprint density at radius 2 is 1.75 bits per heavy atom. The Hall–Kier alpha value is -1.07. The number of hydrogen-bond acceptors (Lipinski definition) is 2. The minimum Gasteiger partial charge on any atom is -0.323 e. The van der Waals surface area contributed by atoms with E-state index < -0.39 is 18.8 Å². The largest absolute Gasteiger partial charge is 0.401 e. The molecule has 2 N–H and O–H groups in total.